The maximum Gasteiger partial charge on any atom is 0.0382 e. The fraction of sp³-hybridized carbons (Fsp3) is 0.800. The van der Waals surface area contributed by atoms with E-state index < -0.39 is 0 Å². The molecule has 26 heavy (non-hydrogen) atoms. The molecule has 1 heteroatoms. The summed E-state index contributed by atoms with van der Waals surface area (Å²) in [4.78, 5) is 0. The normalized spacial score (nSPS) is 31.9. The molecule has 3 rings (SSSR count). The summed E-state index contributed by atoms with van der Waals surface area (Å²) < 4.78 is 0. The first-order valence-electron chi connectivity index (χ1n) is 11.3. The van der Waals surface area contributed by atoms with E-state index >= 15 is 0 Å². The molecule has 3 aliphatic rings. The van der Waals surface area contributed by atoms with Crippen LogP contribution < -0.4 is 0 Å². The van der Waals surface area contributed by atoms with Crippen molar-refractivity contribution in [1.29, 1.82) is 5.41 Å². The van der Waals surface area contributed by atoms with Gasteiger partial charge in [-0.2, -0.15) is 0 Å². The second-order valence-corrected chi connectivity index (χ2v) is 9.96. The molecule has 1 N–H and O–H groups in total. The van der Waals surface area contributed by atoms with Crippen molar-refractivity contribution in [2.24, 2.45) is 29.1 Å². The van der Waals surface area contributed by atoms with E-state index in [0.29, 0.717) is 17.3 Å². The molecular weight excluding hydrogens is 314 g/mol. The van der Waals surface area contributed by atoms with Crippen LogP contribution in [0.15, 0.2) is 22.3 Å². The van der Waals surface area contributed by atoms with E-state index in [0.717, 1.165) is 17.5 Å². The molecule has 4 unspecified atom stereocenters. The van der Waals surface area contributed by atoms with E-state index in [9.17, 15) is 5.41 Å². The molecule has 0 amide bonds. The Balaban J connectivity index is 2.01. The second-order valence-electron chi connectivity index (χ2n) is 9.96. The first-order chi connectivity index (χ1) is 12.3. The molecule has 0 heterocycles. The van der Waals surface area contributed by atoms with Crippen LogP contribution in [-0.4, -0.2) is 5.71 Å². The van der Waals surface area contributed by atoms with Gasteiger partial charge >= 0.3 is 0 Å². The van der Waals surface area contributed by atoms with E-state index in [-0.39, 0.29) is 0 Å². The average molecular weight is 356 g/mol. The number of nitrogens with one attached hydrogen (secondary N) is 1. The Bertz CT molecular complexity index is 607. The zero-order valence-corrected chi connectivity index (χ0v) is 18.2. The third-order valence-corrected chi connectivity index (χ3v) is 8.64. The first kappa shape index (κ1) is 19.9. The summed E-state index contributed by atoms with van der Waals surface area (Å²) in [5.74, 6) is 2.62. The van der Waals surface area contributed by atoms with Gasteiger partial charge in [0.2, 0.25) is 0 Å². The molecular formula is C25H41N. The van der Waals surface area contributed by atoms with Crippen molar-refractivity contribution >= 4 is 5.71 Å². The van der Waals surface area contributed by atoms with Crippen LogP contribution in [0.25, 0.3) is 0 Å². The maximum atomic E-state index is 9.26. The average Bonchev–Trinajstić information content (AvgIpc) is 2.53. The van der Waals surface area contributed by atoms with Crippen molar-refractivity contribution in [2.75, 3.05) is 0 Å². The lowest BCUT2D eigenvalue weighted by Crippen LogP contribution is -2.40. The molecule has 4 atom stereocenters. The Morgan fingerprint density at radius 2 is 1.81 bits per heavy atom. The highest BCUT2D eigenvalue weighted by atomic mass is 14.5. The van der Waals surface area contributed by atoms with E-state index in [1.54, 1.807) is 16.7 Å². The number of hydrogen-bond acceptors (Lipinski definition) is 1. The molecule has 0 bridgehead atoms. The van der Waals surface area contributed by atoms with Gasteiger partial charge in [-0.05, 0) is 98.7 Å². The summed E-state index contributed by atoms with van der Waals surface area (Å²) in [5, 5.41) is 9.26. The molecule has 0 spiro atoms. The molecule has 0 aliphatic heterocycles. The third kappa shape index (κ3) is 3.25. The van der Waals surface area contributed by atoms with Gasteiger partial charge in [-0.3, -0.25) is 0 Å². The molecule has 146 valence electrons. The minimum absolute atomic E-state index is 0.294. The summed E-state index contributed by atoms with van der Waals surface area (Å²) in [6.07, 6.45) is 11.8. The van der Waals surface area contributed by atoms with Crippen molar-refractivity contribution in [2.45, 2.75) is 99.3 Å². The van der Waals surface area contributed by atoms with Gasteiger partial charge in [0.05, 0.1) is 0 Å². The van der Waals surface area contributed by atoms with Crippen molar-refractivity contribution in [3.63, 3.8) is 0 Å². The Kier molecular flexibility index (Phi) is 5.85. The van der Waals surface area contributed by atoms with Gasteiger partial charge in [0.25, 0.3) is 0 Å². The van der Waals surface area contributed by atoms with Crippen LogP contribution in [0.4, 0.5) is 0 Å². The van der Waals surface area contributed by atoms with Crippen LogP contribution in [0.1, 0.15) is 99.3 Å². The molecule has 0 saturated heterocycles. The summed E-state index contributed by atoms with van der Waals surface area (Å²) >= 11 is 0. The standard InChI is InChI=1S/C25H41N/c1-7-16(2)22(21-12-9-13-21)24(26)19(5)23(18(4)20-10-8-11-20)25(6)15-14-17(25)3/h16-17,21-22,26H,7-15H2,1-6H3. The summed E-state index contributed by atoms with van der Waals surface area (Å²) in [7, 11) is 0. The number of allylic oxidation sites excluding steroid dienone is 4. The Labute approximate surface area is 162 Å². The second kappa shape index (κ2) is 7.64. The zero-order valence-electron chi connectivity index (χ0n) is 18.2. The molecule has 3 aliphatic carbocycles. The van der Waals surface area contributed by atoms with Gasteiger partial charge in [0.1, 0.15) is 0 Å². The quantitative estimate of drug-likeness (QED) is 0.452. The Hall–Kier alpha value is -0.850. The minimum Gasteiger partial charge on any atom is -0.305 e. The lowest BCUT2D eigenvalue weighted by Gasteiger charge is -2.50. The predicted octanol–water partition coefficient (Wildman–Crippen LogP) is 7.72. The van der Waals surface area contributed by atoms with Crippen LogP contribution in [0, 0.1) is 34.5 Å². The fourth-order valence-corrected chi connectivity index (χ4v) is 5.70. The number of hydrogen-bond donors (Lipinski definition) is 1. The van der Waals surface area contributed by atoms with Crippen molar-refractivity contribution in [3.05, 3.63) is 22.3 Å². The number of rotatable bonds is 7. The molecule has 0 aromatic rings. The topological polar surface area (TPSA) is 23.9 Å². The van der Waals surface area contributed by atoms with Crippen molar-refractivity contribution in [1.82, 2.24) is 0 Å². The fourth-order valence-electron chi connectivity index (χ4n) is 5.70. The van der Waals surface area contributed by atoms with E-state index in [2.05, 4.69) is 41.5 Å². The van der Waals surface area contributed by atoms with E-state index in [4.69, 9.17) is 0 Å². The predicted molar refractivity (Wildman–Crippen MR) is 114 cm³/mol. The summed E-state index contributed by atoms with van der Waals surface area (Å²) in [6, 6.07) is 0. The molecule has 1 nitrogen and oxygen atoms in total. The van der Waals surface area contributed by atoms with Gasteiger partial charge in [-0.25, -0.2) is 0 Å². The SMILES string of the molecule is CCC(C)C(C(=N)C(C)=C(C(C)=C1CCC1)C1(C)CCC1C)C1CCC1. The van der Waals surface area contributed by atoms with Gasteiger partial charge in [0.15, 0.2) is 0 Å². The third-order valence-electron chi connectivity index (χ3n) is 8.64. The van der Waals surface area contributed by atoms with E-state index in [1.807, 2.05) is 0 Å². The van der Waals surface area contributed by atoms with Gasteiger partial charge in [-0.15, -0.1) is 0 Å². The largest absolute Gasteiger partial charge is 0.305 e. The summed E-state index contributed by atoms with van der Waals surface area (Å²) in [5.41, 5.74) is 7.43. The highest BCUT2D eigenvalue weighted by Gasteiger charge is 2.45. The monoisotopic (exact) mass is 355 g/mol. The van der Waals surface area contributed by atoms with Crippen LogP contribution >= 0.6 is 0 Å². The van der Waals surface area contributed by atoms with Crippen LogP contribution in [0.2, 0.25) is 0 Å². The lowest BCUT2D eigenvalue weighted by molar-refractivity contribution is 0.111. The highest BCUT2D eigenvalue weighted by molar-refractivity contribution is 6.01. The molecule has 0 aromatic heterocycles. The van der Waals surface area contributed by atoms with Crippen molar-refractivity contribution < 1.29 is 0 Å². The van der Waals surface area contributed by atoms with Gasteiger partial charge in [-0.1, -0.05) is 46.1 Å². The lowest BCUT2D eigenvalue weighted by atomic mass is 9.55. The minimum atomic E-state index is 0.294. The zero-order chi connectivity index (χ0) is 19.1. The van der Waals surface area contributed by atoms with Crippen LogP contribution in [-0.2, 0) is 0 Å². The molecule has 0 aromatic carbocycles. The highest BCUT2D eigenvalue weighted by Crippen LogP contribution is 2.56. The molecule has 3 fully saturated rings. The van der Waals surface area contributed by atoms with Crippen LogP contribution in [0.3, 0.4) is 0 Å². The van der Waals surface area contributed by atoms with Gasteiger partial charge < -0.3 is 5.41 Å². The van der Waals surface area contributed by atoms with E-state index in [1.165, 1.54) is 63.4 Å². The van der Waals surface area contributed by atoms with Crippen molar-refractivity contribution in [3.8, 4) is 0 Å². The smallest absolute Gasteiger partial charge is 0.0382 e. The summed E-state index contributed by atoms with van der Waals surface area (Å²) in [6.45, 7) is 14.3. The first-order valence-corrected chi connectivity index (χ1v) is 11.3. The Morgan fingerprint density at radius 3 is 2.15 bits per heavy atom. The maximum absolute atomic E-state index is 9.26. The van der Waals surface area contributed by atoms with Gasteiger partial charge in [0, 0.05) is 11.6 Å². The molecule has 0 radical (unpaired) electrons. The van der Waals surface area contributed by atoms with Crippen LogP contribution in [0.5, 0.6) is 0 Å². The molecule has 3 saturated carbocycles. The Morgan fingerprint density at radius 1 is 1.15 bits per heavy atom.